The second-order valence-electron chi connectivity index (χ2n) is 5.09. The Bertz CT molecular complexity index is 561. The first kappa shape index (κ1) is 14.4. The van der Waals surface area contributed by atoms with E-state index >= 15 is 0 Å². The number of benzene rings is 1. The highest BCUT2D eigenvalue weighted by Crippen LogP contribution is 2.34. The van der Waals surface area contributed by atoms with Gasteiger partial charge in [0.15, 0.2) is 0 Å². The summed E-state index contributed by atoms with van der Waals surface area (Å²) < 4.78 is 5.90. The minimum Gasteiger partial charge on any atom is -0.373 e. The summed E-state index contributed by atoms with van der Waals surface area (Å²) in [4.78, 5) is 0. The fourth-order valence-electron chi connectivity index (χ4n) is 2.61. The zero-order valence-electron chi connectivity index (χ0n) is 12.0. The lowest BCUT2D eigenvalue weighted by Gasteiger charge is -2.19. The van der Waals surface area contributed by atoms with Crippen molar-refractivity contribution in [1.82, 2.24) is 10.2 Å². The van der Waals surface area contributed by atoms with Crippen LogP contribution in [0.4, 0.5) is 5.82 Å². The number of nitrogens with zero attached hydrogens (tertiary/aromatic N) is 2. The van der Waals surface area contributed by atoms with Crippen molar-refractivity contribution in [3.05, 3.63) is 48.0 Å². The van der Waals surface area contributed by atoms with E-state index in [0.717, 1.165) is 30.4 Å². The molecule has 0 amide bonds. The molecule has 1 N–H and O–H groups in total. The molecule has 1 aromatic carbocycles. The molecule has 0 saturated carbocycles. The van der Waals surface area contributed by atoms with Crippen LogP contribution in [0.25, 0.3) is 0 Å². The lowest BCUT2D eigenvalue weighted by molar-refractivity contribution is 0.0933. The monoisotopic (exact) mass is 301 g/mol. The number of ether oxygens (including phenoxy) is 1. The zero-order chi connectivity index (χ0) is 14.5. The van der Waals surface area contributed by atoms with E-state index in [-0.39, 0.29) is 6.10 Å². The average molecular weight is 301 g/mol. The second kappa shape index (κ2) is 6.91. The number of rotatable bonds is 5. The minimum atomic E-state index is 0.178. The lowest BCUT2D eigenvalue weighted by atomic mass is 9.95. The van der Waals surface area contributed by atoms with Crippen molar-refractivity contribution in [2.24, 2.45) is 5.92 Å². The smallest absolute Gasteiger partial charge is 0.148 e. The Morgan fingerprint density at radius 2 is 2.05 bits per heavy atom. The molecule has 0 spiro atoms. The van der Waals surface area contributed by atoms with E-state index in [1.54, 1.807) is 11.8 Å². The summed E-state index contributed by atoms with van der Waals surface area (Å²) in [5, 5.41) is 12.6. The summed E-state index contributed by atoms with van der Waals surface area (Å²) in [5.74, 6) is 1.29. The Balaban J connectivity index is 1.61. The van der Waals surface area contributed by atoms with Crippen LogP contribution in [0.2, 0.25) is 0 Å². The van der Waals surface area contributed by atoms with Crippen LogP contribution in [0.15, 0.2) is 47.5 Å². The van der Waals surface area contributed by atoms with Crippen LogP contribution in [0.5, 0.6) is 0 Å². The van der Waals surface area contributed by atoms with Gasteiger partial charge in [0.1, 0.15) is 10.8 Å². The molecule has 1 aliphatic heterocycles. The molecule has 2 aromatic rings. The third kappa shape index (κ3) is 3.54. The first-order valence-electron chi connectivity index (χ1n) is 7.15. The largest absolute Gasteiger partial charge is 0.373 e. The first-order chi connectivity index (χ1) is 10.4. The molecule has 2 unspecified atom stereocenters. The molecule has 1 saturated heterocycles. The van der Waals surface area contributed by atoms with Gasteiger partial charge in [0.05, 0.1) is 6.10 Å². The van der Waals surface area contributed by atoms with E-state index in [4.69, 9.17) is 4.74 Å². The molecule has 4 nitrogen and oxygen atoms in total. The van der Waals surface area contributed by atoms with E-state index in [0.29, 0.717) is 5.92 Å². The minimum absolute atomic E-state index is 0.178. The zero-order valence-corrected chi connectivity index (χ0v) is 12.8. The molecular weight excluding hydrogens is 282 g/mol. The van der Waals surface area contributed by atoms with Crippen molar-refractivity contribution in [1.29, 1.82) is 0 Å². The van der Waals surface area contributed by atoms with Gasteiger partial charge in [-0.1, -0.05) is 30.3 Å². The van der Waals surface area contributed by atoms with Crippen molar-refractivity contribution in [2.75, 3.05) is 24.7 Å². The predicted molar refractivity (Wildman–Crippen MR) is 85.5 cm³/mol. The van der Waals surface area contributed by atoms with Gasteiger partial charge in [0.2, 0.25) is 0 Å². The summed E-state index contributed by atoms with van der Waals surface area (Å²) in [6, 6.07) is 14.4. The molecule has 0 radical (unpaired) electrons. The van der Waals surface area contributed by atoms with Gasteiger partial charge in [0, 0.05) is 19.1 Å². The molecule has 2 atom stereocenters. The number of thioether (sulfide) groups is 1. The Kier molecular flexibility index (Phi) is 4.72. The Morgan fingerprint density at radius 3 is 2.76 bits per heavy atom. The van der Waals surface area contributed by atoms with Crippen molar-refractivity contribution in [2.45, 2.75) is 17.6 Å². The number of anilines is 1. The van der Waals surface area contributed by atoms with Crippen LogP contribution in [-0.2, 0) is 4.74 Å². The standard InChI is InChI=1S/C16H19N3OS/c1-21-15-8-7-14(18-19-15)17-11-13-9-10-20-16(13)12-5-3-2-4-6-12/h2-8,13,16H,9-11H2,1H3,(H,17,18). The number of nitrogens with one attached hydrogen (secondary N) is 1. The van der Waals surface area contributed by atoms with Gasteiger partial charge in [-0.05, 0) is 30.4 Å². The highest BCUT2D eigenvalue weighted by atomic mass is 32.2. The van der Waals surface area contributed by atoms with Crippen LogP contribution in [0, 0.1) is 5.92 Å². The highest BCUT2D eigenvalue weighted by molar-refractivity contribution is 7.98. The van der Waals surface area contributed by atoms with Crippen molar-refractivity contribution < 1.29 is 4.74 Å². The molecule has 1 fully saturated rings. The van der Waals surface area contributed by atoms with Gasteiger partial charge < -0.3 is 10.1 Å². The Labute approximate surface area is 129 Å². The maximum atomic E-state index is 5.90. The topological polar surface area (TPSA) is 47.0 Å². The van der Waals surface area contributed by atoms with Crippen molar-refractivity contribution in [3.63, 3.8) is 0 Å². The molecule has 0 bridgehead atoms. The lowest BCUT2D eigenvalue weighted by Crippen LogP contribution is -2.18. The number of hydrogen-bond acceptors (Lipinski definition) is 5. The molecule has 1 aliphatic rings. The molecule has 1 aromatic heterocycles. The second-order valence-corrected chi connectivity index (χ2v) is 5.92. The predicted octanol–water partition coefficient (Wildman–Crippen LogP) is 3.39. The molecular formula is C16H19N3OS. The van der Waals surface area contributed by atoms with Crippen LogP contribution >= 0.6 is 11.8 Å². The highest BCUT2D eigenvalue weighted by Gasteiger charge is 2.29. The van der Waals surface area contributed by atoms with Crippen LogP contribution in [-0.4, -0.2) is 29.6 Å². The van der Waals surface area contributed by atoms with E-state index in [1.165, 1.54) is 5.56 Å². The van der Waals surface area contributed by atoms with Crippen LogP contribution in [0.3, 0.4) is 0 Å². The van der Waals surface area contributed by atoms with E-state index in [2.05, 4.69) is 39.8 Å². The Morgan fingerprint density at radius 1 is 1.19 bits per heavy atom. The van der Waals surface area contributed by atoms with E-state index < -0.39 is 0 Å². The molecule has 0 aliphatic carbocycles. The third-order valence-electron chi connectivity index (χ3n) is 3.74. The summed E-state index contributed by atoms with van der Waals surface area (Å²) in [7, 11) is 0. The van der Waals surface area contributed by atoms with Gasteiger partial charge >= 0.3 is 0 Å². The quantitative estimate of drug-likeness (QED) is 0.858. The molecule has 3 rings (SSSR count). The summed E-state index contributed by atoms with van der Waals surface area (Å²) in [6.45, 7) is 1.68. The van der Waals surface area contributed by atoms with Crippen molar-refractivity contribution in [3.8, 4) is 0 Å². The molecule has 2 heterocycles. The molecule has 21 heavy (non-hydrogen) atoms. The normalized spacial score (nSPS) is 21.4. The SMILES string of the molecule is CSc1ccc(NCC2CCOC2c2ccccc2)nn1. The maximum Gasteiger partial charge on any atom is 0.148 e. The summed E-state index contributed by atoms with van der Waals surface area (Å²) >= 11 is 1.60. The van der Waals surface area contributed by atoms with Gasteiger partial charge in [-0.3, -0.25) is 0 Å². The van der Waals surface area contributed by atoms with E-state index in [9.17, 15) is 0 Å². The summed E-state index contributed by atoms with van der Waals surface area (Å²) in [5.41, 5.74) is 1.26. The number of aromatic nitrogens is 2. The maximum absolute atomic E-state index is 5.90. The van der Waals surface area contributed by atoms with Crippen LogP contribution < -0.4 is 5.32 Å². The van der Waals surface area contributed by atoms with Gasteiger partial charge in [-0.15, -0.1) is 22.0 Å². The summed E-state index contributed by atoms with van der Waals surface area (Å²) in [6.07, 6.45) is 3.25. The molecule has 110 valence electrons. The fraction of sp³-hybridized carbons (Fsp3) is 0.375. The first-order valence-corrected chi connectivity index (χ1v) is 8.37. The average Bonchev–Trinajstić information content (AvgIpc) is 3.03. The number of hydrogen-bond donors (Lipinski definition) is 1. The van der Waals surface area contributed by atoms with Gasteiger partial charge in [-0.25, -0.2) is 0 Å². The van der Waals surface area contributed by atoms with E-state index in [1.807, 2.05) is 24.5 Å². The van der Waals surface area contributed by atoms with Gasteiger partial charge in [-0.2, -0.15) is 0 Å². The third-order valence-corrected chi connectivity index (χ3v) is 4.37. The van der Waals surface area contributed by atoms with Crippen molar-refractivity contribution >= 4 is 17.6 Å². The van der Waals surface area contributed by atoms with Gasteiger partial charge in [0.25, 0.3) is 0 Å². The fourth-order valence-corrected chi connectivity index (χ4v) is 2.94. The Hall–Kier alpha value is -1.59. The molecule has 5 heteroatoms. The van der Waals surface area contributed by atoms with Crippen LogP contribution in [0.1, 0.15) is 18.1 Å².